The number of benzene rings is 1. The molecule has 0 saturated carbocycles. The minimum Gasteiger partial charge on any atom is -0.492 e. The van der Waals surface area contributed by atoms with Crippen molar-refractivity contribution < 1.29 is 9.53 Å². The molecule has 0 amide bonds. The molecule has 1 aromatic rings. The summed E-state index contributed by atoms with van der Waals surface area (Å²) in [4.78, 5) is 11.5. The van der Waals surface area contributed by atoms with Crippen molar-refractivity contribution >= 4 is 5.78 Å². The largest absolute Gasteiger partial charge is 0.492 e. The smallest absolute Gasteiger partial charge is 0.136 e. The zero-order valence-electron chi connectivity index (χ0n) is 11.0. The maximum atomic E-state index is 11.5. The fraction of sp³-hybridized carbons (Fsp3) is 0.533. The molecule has 3 rings (SSSR count). The first-order valence-corrected chi connectivity index (χ1v) is 6.58. The highest BCUT2D eigenvalue weighted by atomic mass is 16.5. The first-order valence-electron chi connectivity index (χ1n) is 6.58. The summed E-state index contributed by atoms with van der Waals surface area (Å²) in [6.45, 7) is 5.92. The van der Waals surface area contributed by atoms with Crippen molar-refractivity contribution in [2.75, 3.05) is 13.2 Å². The number of carbonyl (C=O) groups excluding carboxylic acids is 1. The third kappa shape index (κ3) is 1.93. The van der Waals surface area contributed by atoms with Gasteiger partial charge in [0, 0.05) is 36.4 Å². The summed E-state index contributed by atoms with van der Waals surface area (Å²) in [6.07, 6.45) is 1.27. The maximum Gasteiger partial charge on any atom is 0.136 e. The van der Waals surface area contributed by atoms with Crippen LogP contribution < -0.4 is 10.1 Å². The van der Waals surface area contributed by atoms with Crippen LogP contribution in [0.5, 0.6) is 5.75 Å². The number of ether oxygens (including phenoxy) is 1. The lowest BCUT2D eigenvalue weighted by atomic mass is 9.84. The molecule has 1 saturated heterocycles. The number of ketones is 1. The van der Waals surface area contributed by atoms with E-state index in [2.05, 4.69) is 31.3 Å². The van der Waals surface area contributed by atoms with E-state index in [1.54, 1.807) is 0 Å². The Labute approximate surface area is 108 Å². The van der Waals surface area contributed by atoms with Gasteiger partial charge < -0.3 is 10.1 Å². The van der Waals surface area contributed by atoms with Crippen molar-refractivity contribution in [1.82, 2.24) is 5.32 Å². The van der Waals surface area contributed by atoms with E-state index in [9.17, 15) is 4.79 Å². The molecule has 0 aliphatic carbocycles. The molecule has 1 unspecified atom stereocenters. The highest BCUT2D eigenvalue weighted by molar-refractivity contribution is 5.80. The summed E-state index contributed by atoms with van der Waals surface area (Å²) < 4.78 is 5.69. The molecule has 96 valence electrons. The molecule has 1 N–H and O–H groups in total. The Hall–Kier alpha value is -1.35. The molecule has 1 atom stereocenters. The minimum atomic E-state index is 0.0734. The number of hydrogen-bond donors (Lipinski definition) is 1. The van der Waals surface area contributed by atoms with Gasteiger partial charge in [0.1, 0.15) is 11.5 Å². The van der Waals surface area contributed by atoms with E-state index in [4.69, 9.17) is 4.74 Å². The van der Waals surface area contributed by atoms with Crippen LogP contribution in [-0.2, 0) is 10.2 Å². The number of hydrogen-bond acceptors (Lipinski definition) is 3. The quantitative estimate of drug-likeness (QED) is 0.825. The molecule has 0 radical (unpaired) electrons. The molecule has 18 heavy (non-hydrogen) atoms. The van der Waals surface area contributed by atoms with E-state index in [1.807, 2.05) is 6.07 Å². The first kappa shape index (κ1) is 11.7. The van der Waals surface area contributed by atoms with Crippen LogP contribution in [0.15, 0.2) is 18.2 Å². The topological polar surface area (TPSA) is 38.3 Å². The van der Waals surface area contributed by atoms with Gasteiger partial charge in [0.15, 0.2) is 0 Å². The highest BCUT2D eigenvalue weighted by Gasteiger charge is 2.32. The standard InChI is InChI=1S/C15H19NO2/c1-15(2)9-18-14-4-3-10(7-12(14)15)13-8-11(17)5-6-16-13/h3-4,7,13,16H,5-6,8-9H2,1-2H3. The van der Waals surface area contributed by atoms with Gasteiger partial charge in [-0.3, -0.25) is 4.79 Å². The van der Waals surface area contributed by atoms with Crippen LogP contribution in [0.25, 0.3) is 0 Å². The second kappa shape index (κ2) is 4.09. The highest BCUT2D eigenvalue weighted by Crippen LogP contribution is 2.40. The van der Waals surface area contributed by atoms with Gasteiger partial charge >= 0.3 is 0 Å². The van der Waals surface area contributed by atoms with Gasteiger partial charge in [-0.2, -0.15) is 0 Å². The lowest BCUT2D eigenvalue weighted by molar-refractivity contribution is -0.120. The van der Waals surface area contributed by atoms with E-state index in [-0.39, 0.29) is 11.5 Å². The van der Waals surface area contributed by atoms with Crippen LogP contribution in [0.2, 0.25) is 0 Å². The normalized spacial score (nSPS) is 25.7. The zero-order chi connectivity index (χ0) is 12.8. The molecule has 2 aliphatic rings. The molecular formula is C15H19NO2. The number of nitrogens with one attached hydrogen (secondary N) is 1. The first-order chi connectivity index (χ1) is 8.56. The molecule has 0 bridgehead atoms. The third-order valence-electron chi connectivity index (χ3n) is 3.95. The lowest BCUT2D eigenvalue weighted by Crippen LogP contribution is -2.32. The van der Waals surface area contributed by atoms with Gasteiger partial charge in [-0.15, -0.1) is 0 Å². The molecule has 1 fully saturated rings. The van der Waals surface area contributed by atoms with Gasteiger partial charge in [-0.25, -0.2) is 0 Å². The molecule has 2 heterocycles. The number of fused-ring (bicyclic) bond motifs is 1. The Kier molecular flexibility index (Phi) is 2.67. The van der Waals surface area contributed by atoms with Crippen LogP contribution in [0.4, 0.5) is 0 Å². The molecule has 2 aliphatic heterocycles. The SMILES string of the molecule is CC1(C)COc2ccc(C3CC(=O)CCN3)cc21. The Morgan fingerprint density at radius 1 is 1.39 bits per heavy atom. The second-order valence-electron chi connectivity index (χ2n) is 5.93. The molecule has 0 aromatic heterocycles. The average Bonchev–Trinajstić information content (AvgIpc) is 2.65. The number of rotatable bonds is 1. The van der Waals surface area contributed by atoms with Gasteiger partial charge in [-0.1, -0.05) is 19.9 Å². The summed E-state index contributed by atoms with van der Waals surface area (Å²) in [5.41, 5.74) is 2.55. The van der Waals surface area contributed by atoms with Gasteiger partial charge in [0.2, 0.25) is 0 Å². The fourth-order valence-electron chi connectivity index (χ4n) is 2.78. The van der Waals surface area contributed by atoms with Crippen molar-refractivity contribution in [2.24, 2.45) is 0 Å². The predicted molar refractivity (Wildman–Crippen MR) is 69.9 cm³/mol. The summed E-state index contributed by atoms with van der Waals surface area (Å²) in [6, 6.07) is 6.50. The Morgan fingerprint density at radius 3 is 3.00 bits per heavy atom. The number of carbonyl (C=O) groups is 1. The van der Waals surface area contributed by atoms with Crippen LogP contribution in [-0.4, -0.2) is 18.9 Å². The Morgan fingerprint density at radius 2 is 2.22 bits per heavy atom. The van der Waals surface area contributed by atoms with E-state index >= 15 is 0 Å². The second-order valence-corrected chi connectivity index (χ2v) is 5.93. The van der Waals surface area contributed by atoms with Crippen LogP contribution >= 0.6 is 0 Å². The fourth-order valence-corrected chi connectivity index (χ4v) is 2.78. The van der Waals surface area contributed by atoms with Crippen molar-refractivity contribution in [2.45, 2.75) is 38.1 Å². The zero-order valence-corrected chi connectivity index (χ0v) is 11.0. The molecule has 0 spiro atoms. The third-order valence-corrected chi connectivity index (χ3v) is 3.95. The summed E-state index contributed by atoms with van der Waals surface area (Å²) in [7, 11) is 0. The Balaban J connectivity index is 1.92. The number of Topliss-reactive ketones (excluding diaryl/α,β-unsaturated/α-hetero) is 1. The predicted octanol–water partition coefficient (Wildman–Crippen LogP) is 2.35. The van der Waals surface area contributed by atoms with Crippen molar-refractivity contribution in [1.29, 1.82) is 0 Å². The van der Waals surface area contributed by atoms with Crippen LogP contribution in [0.3, 0.4) is 0 Å². The molecular weight excluding hydrogens is 226 g/mol. The van der Waals surface area contributed by atoms with Crippen molar-refractivity contribution in [3.63, 3.8) is 0 Å². The van der Waals surface area contributed by atoms with E-state index in [0.717, 1.165) is 18.9 Å². The van der Waals surface area contributed by atoms with Gasteiger partial charge in [-0.05, 0) is 17.7 Å². The Bertz CT molecular complexity index is 493. The van der Waals surface area contributed by atoms with E-state index < -0.39 is 0 Å². The monoisotopic (exact) mass is 245 g/mol. The molecule has 1 aromatic carbocycles. The average molecular weight is 245 g/mol. The maximum absolute atomic E-state index is 11.5. The van der Waals surface area contributed by atoms with Crippen LogP contribution in [0.1, 0.15) is 43.9 Å². The van der Waals surface area contributed by atoms with Crippen molar-refractivity contribution in [3.05, 3.63) is 29.3 Å². The van der Waals surface area contributed by atoms with Crippen LogP contribution in [0, 0.1) is 0 Å². The number of piperidine rings is 1. The van der Waals surface area contributed by atoms with Gasteiger partial charge in [0.05, 0.1) is 6.61 Å². The molecule has 3 nitrogen and oxygen atoms in total. The lowest BCUT2D eigenvalue weighted by Gasteiger charge is -2.24. The molecule has 3 heteroatoms. The van der Waals surface area contributed by atoms with E-state index in [1.165, 1.54) is 11.1 Å². The minimum absolute atomic E-state index is 0.0734. The van der Waals surface area contributed by atoms with E-state index in [0.29, 0.717) is 18.6 Å². The van der Waals surface area contributed by atoms with Gasteiger partial charge in [0.25, 0.3) is 0 Å². The summed E-state index contributed by atoms with van der Waals surface area (Å²) in [5.74, 6) is 1.35. The van der Waals surface area contributed by atoms with Crippen molar-refractivity contribution in [3.8, 4) is 5.75 Å². The summed E-state index contributed by atoms with van der Waals surface area (Å²) >= 11 is 0. The summed E-state index contributed by atoms with van der Waals surface area (Å²) in [5, 5.41) is 3.42.